The SMILES string of the molecule is CN(CC=CC(=O)N1CCC[C@@H](Nc2n[nH]c3nccc(Oc4ccc(Oc5ccccc5)cc4)c23)C1)C1CC1. The molecule has 0 spiro atoms. The quantitative estimate of drug-likeness (QED) is 0.254. The molecular formula is C31H34N6O3. The van der Waals surface area contributed by atoms with Crippen LogP contribution >= 0.6 is 0 Å². The number of aromatic nitrogens is 3. The van der Waals surface area contributed by atoms with Gasteiger partial charge in [-0.2, -0.15) is 5.10 Å². The lowest BCUT2D eigenvalue weighted by molar-refractivity contribution is -0.127. The molecule has 2 aliphatic rings. The Balaban J connectivity index is 1.11. The Hall–Kier alpha value is -4.37. The Labute approximate surface area is 233 Å². The number of aromatic amines is 1. The number of ether oxygens (including phenoxy) is 2. The Morgan fingerprint density at radius 2 is 1.80 bits per heavy atom. The molecule has 2 aromatic carbocycles. The molecule has 1 saturated heterocycles. The van der Waals surface area contributed by atoms with Crippen LogP contribution in [0.3, 0.4) is 0 Å². The number of hydrogen-bond donors (Lipinski definition) is 2. The van der Waals surface area contributed by atoms with Crippen molar-refractivity contribution in [2.24, 2.45) is 0 Å². The van der Waals surface area contributed by atoms with Crippen LogP contribution in [-0.2, 0) is 4.79 Å². The van der Waals surface area contributed by atoms with Crippen molar-refractivity contribution in [2.75, 3.05) is 32.0 Å². The summed E-state index contributed by atoms with van der Waals surface area (Å²) in [6.45, 7) is 2.19. The Kier molecular flexibility index (Phi) is 7.63. The van der Waals surface area contributed by atoms with Crippen molar-refractivity contribution in [2.45, 2.75) is 37.8 Å². The molecule has 6 rings (SSSR count). The van der Waals surface area contributed by atoms with Crippen LogP contribution in [0.15, 0.2) is 79.0 Å². The monoisotopic (exact) mass is 538 g/mol. The molecule has 1 atom stereocenters. The lowest BCUT2D eigenvalue weighted by Crippen LogP contribution is -2.44. The first-order valence-electron chi connectivity index (χ1n) is 13.9. The standard InChI is InChI=1S/C31H34N6O3/c1-36(23-11-12-23)19-6-10-28(38)37-20-5-7-22(21-37)33-31-29-27(17-18-32-30(29)34-35-31)40-26-15-13-25(14-16-26)39-24-8-3-2-4-9-24/h2-4,6,8-10,13-18,22-23H,5,7,11-12,19-21H2,1H3,(H2,32,33,34,35)/t22-/m1/s1. The van der Waals surface area contributed by atoms with E-state index in [-0.39, 0.29) is 11.9 Å². The summed E-state index contributed by atoms with van der Waals surface area (Å²) >= 11 is 0. The van der Waals surface area contributed by atoms with E-state index in [1.54, 1.807) is 12.3 Å². The minimum absolute atomic E-state index is 0.0629. The first-order valence-corrected chi connectivity index (χ1v) is 13.9. The van der Waals surface area contributed by atoms with E-state index in [1.807, 2.05) is 71.6 Å². The third-order valence-corrected chi connectivity index (χ3v) is 7.35. The number of likely N-dealkylation sites (tertiary alicyclic amines) is 1. The summed E-state index contributed by atoms with van der Waals surface area (Å²) in [5.74, 6) is 3.56. The van der Waals surface area contributed by atoms with E-state index in [1.165, 1.54) is 12.8 Å². The van der Waals surface area contributed by atoms with Crippen LogP contribution in [0.5, 0.6) is 23.0 Å². The van der Waals surface area contributed by atoms with Crippen molar-refractivity contribution >= 4 is 22.8 Å². The average Bonchev–Trinajstić information content (AvgIpc) is 3.76. The maximum Gasteiger partial charge on any atom is 0.246 e. The van der Waals surface area contributed by atoms with E-state index in [4.69, 9.17) is 9.47 Å². The zero-order chi connectivity index (χ0) is 27.3. The van der Waals surface area contributed by atoms with Crippen LogP contribution in [0.4, 0.5) is 5.82 Å². The molecule has 206 valence electrons. The highest BCUT2D eigenvalue weighted by atomic mass is 16.5. The lowest BCUT2D eigenvalue weighted by Gasteiger charge is -2.32. The third kappa shape index (κ3) is 6.26. The number of rotatable bonds is 10. The zero-order valence-corrected chi connectivity index (χ0v) is 22.6. The number of pyridine rings is 1. The van der Waals surface area contributed by atoms with Crippen molar-refractivity contribution < 1.29 is 14.3 Å². The number of para-hydroxylation sites is 1. The molecule has 1 amide bonds. The van der Waals surface area contributed by atoms with E-state index in [2.05, 4.69) is 32.4 Å². The van der Waals surface area contributed by atoms with Gasteiger partial charge in [0.05, 0.1) is 0 Å². The van der Waals surface area contributed by atoms with Gasteiger partial charge < -0.3 is 19.7 Å². The van der Waals surface area contributed by atoms with Gasteiger partial charge in [0.25, 0.3) is 0 Å². The number of benzene rings is 2. The number of nitrogens with zero attached hydrogens (tertiary/aromatic N) is 4. The smallest absolute Gasteiger partial charge is 0.246 e. The molecule has 3 heterocycles. The molecule has 2 aromatic heterocycles. The molecule has 1 saturated carbocycles. The topological polar surface area (TPSA) is 95.6 Å². The second-order valence-corrected chi connectivity index (χ2v) is 10.4. The van der Waals surface area contributed by atoms with E-state index >= 15 is 0 Å². The maximum atomic E-state index is 12.8. The van der Waals surface area contributed by atoms with Gasteiger partial charge in [0.15, 0.2) is 11.5 Å². The Morgan fingerprint density at radius 3 is 2.58 bits per heavy atom. The van der Waals surface area contributed by atoms with Gasteiger partial charge in [0.1, 0.15) is 28.4 Å². The highest BCUT2D eigenvalue weighted by Gasteiger charge is 2.26. The summed E-state index contributed by atoms with van der Waals surface area (Å²) in [6, 6.07) is 19.8. The summed E-state index contributed by atoms with van der Waals surface area (Å²) in [7, 11) is 2.11. The minimum atomic E-state index is 0.0629. The molecule has 0 bridgehead atoms. The summed E-state index contributed by atoms with van der Waals surface area (Å²) in [5.41, 5.74) is 0.635. The van der Waals surface area contributed by atoms with Crippen molar-refractivity contribution in [3.05, 3.63) is 79.0 Å². The summed E-state index contributed by atoms with van der Waals surface area (Å²) < 4.78 is 12.1. The van der Waals surface area contributed by atoms with Gasteiger partial charge in [-0.25, -0.2) is 4.98 Å². The number of nitrogens with one attached hydrogen (secondary N) is 2. The van der Waals surface area contributed by atoms with E-state index in [0.717, 1.165) is 42.8 Å². The molecule has 9 heteroatoms. The van der Waals surface area contributed by atoms with Gasteiger partial charge in [0.2, 0.25) is 5.91 Å². The fraction of sp³-hybridized carbons (Fsp3) is 0.323. The van der Waals surface area contributed by atoms with Gasteiger partial charge in [0, 0.05) is 50.1 Å². The molecule has 40 heavy (non-hydrogen) atoms. The average molecular weight is 539 g/mol. The number of fused-ring (bicyclic) bond motifs is 1. The molecule has 4 aromatic rings. The molecular weight excluding hydrogens is 504 g/mol. The van der Waals surface area contributed by atoms with Crippen LogP contribution < -0.4 is 14.8 Å². The Morgan fingerprint density at radius 1 is 1.05 bits per heavy atom. The number of hydrogen-bond acceptors (Lipinski definition) is 7. The van der Waals surface area contributed by atoms with Crippen molar-refractivity contribution in [3.63, 3.8) is 0 Å². The zero-order valence-electron chi connectivity index (χ0n) is 22.6. The van der Waals surface area contributed by atoms with Crippen LogP contribution in [0, 0.1) is 0 Å². The molecule has 2 N–H and O–H groups in total. The normalized spacial score (nSPS) is 17.4. The fourth-order valence-electron chi connectivity index (χ4n) is 5.02. The van der Waals surface area contributed by atoms with Crippen molar-refractivity contribution in [1.29, 1.82) is 0 Å². The van der Waals surface area contributed by atoms with E-state index < -0.39 is 0 Å². The molecule has 9 nitrogen and oxygen atoms in total. The predicted octanol–water partition coefficient (Wildman–Crippen LogP) is 5.60. The molecule has 0 radical (unpaired) electrons. The minimum Gasteiger partial charge on any atom is -0.457 e. The highest BCUT2D eigenvalue weighted by molar-refractivity contribution is 5.93. The summed E-state index contributed by atoms with van der Waals surface area (Å²) in [6.07, 6.45) is 9.80. The number of carbonyl (C=O) groups is 1. The maximum absolute atomic E-state index is 12.8. The molecule has 2 fully saturated rings. The van der Waals surface area contributed by atoms with Crippen molar-refractivity contribution in [3.8, 4) is 23.0 Å². The summed E-state index contributed by atoms with van der Waals surface area (Å²) in [4.78, 5) is 21.5. The number of amides is 1. The second-order valence-electron chi connectivity index (χ2n) is 10.4. The van der Waals surface area contributed by atoms with Gasteiger partial charge in [-0.3, -0.25) is 14.8 Å². The van der Waals surface area contributed by atoms with Crippen LogP contribution in [-0.4, -0.2) is 69.7 Å². The van der Waals surface area contributed by atoms with Crippen LogP contribution in [0.25, 0.3) is 11.0 Å². The summed E-state index contributed by atoms with van der Waals surface area (Å²) in [5, 5.41) is 11.8. The van der Waals surface area contributed by atoms with Gasteiger partial charge in [-0.15, -0.1) is 0 Å². The Bertz CT molecular complexity index is 1470. The van der Waals surface area contributed by atoms with E-state index in [9.17, 15) is 4.79 Å². The fourth-order valence-corrected chi connectivity index (χ4v) is 5.02. The van der Waals surface area contributed by atoms with Gasteiger partial charge in [-0.1, -0.05) is 24.3 Å². The largest absolute Gasteiger partial charge is 0.457 e. The number of H-pyrrole nitrogens is 1. The number of carbonyl (C=O) groups excluding carboxylic acids is 1. The first kappa shape index (κ1) is 25.9. The molecule has 1 aliphatic carbocycles. The van der Waals surface area contributed by atoms with Crippen LogP contribution in [0.1, 0.15) is 25.7 Å². The second kappa shape index (κ2) is 11.8. The number of piperidine rings is 1. The van der Waals surface area contributed by atoms with Crippen LogP contribution in [0.2, 0.25) is 0 Å². The third-order valence-electron chi connectivity index (χ3n) is 7.35. The van der Waals surface area contributed by atoms with Crippen molar-refractivity contribution in [1.82, 2.24) is 25.0 Å². The van der Waals surface area contributed by atoms with Gasteiger partial charge in [-0.05, 0) is 69.1 Å². The number of likely N-dealkylation sites (N-methyl/N-ethyl adjacent to an activating group) is 1. The highest BCUT2D eigenvalue weighted by Crippen LogP contribution is 2.34. The predicted molar refractivity (Wildman–Crippen MR) is 155 cm³/mol. The number of anilines is 1. The lowest BCUT2D eigenvalue weighted by atomic mass is 10.1. The first-order chi connectivity index (χ1) is 19.6. The molecule has 1 aliphatic heterocycles. The van der Waals surface area contributed by atoms with Gasteiger partial charge >= 0.3 is 0 Å². The molecule has 0 unspecified atom stereocenters. The van der Waals surface area contributed by atoms with E-state index in [0.29, 0.717) is 35.6 Å².